The number of methoxy groups -OCH3 is 1. The summed E-state index contributed by atoms with van der Waals surface area (Å²) in [4.78, 5) is 23.5. The smallest absolute Gasteiger partial charge is 0.287 e. The number of carbonyl (C=O) groups is 2. The lowest BCUT2D eigenvalue weighted by atomic mass is 10.0. The maximum atomic E-state index is 12.3. The molecule has 0 aromatic heterocycles. The van der Waals surface area contributed by atoms with E-state index in [1.165, 1.54) is 6.08 Å². The van der Waals surface area contributed by atoms with Crippen molar-refractivity contribution in [2.24, 2.45) is 10.2 Å². The standard InChI is InChI=1S/C20H19N3O3/c1-26-15-9-6-14(7-10-15)8-12-19(24)21-17-5-3-2-4-16(17)18-11-13-20(25)23-22-18/h2-7,9-11,13,18H,8,12H2,1H3,(H,21,24). The highest BCUT2D eigenvalue weighted by Gasteiger charge is 2.16. The van der Waals surface area contributed by atoms with Gasteiger partial charge in [0.1, 0.15) is 11.8 Å². The second kappa shape index (κ2) is 8.20. The molecule has 0 fully saturated rings. The van der Waals surface area contributed by atoms with Crippen LogP contribution in [0.25, 0.3) is 0 Å². The molecule has 1 aliphatic heterocycles. The highest BCUT2D eigenvalue weighted by molar-refractivity contribution is 5.92. The normalized spacial score (nSPS) is 15.7. The van der Waals surface area contributed by atoms with Crippen molar-refractivity contribution in [2.75, 3.05) is 12.4 Å². The molecule has 0 saturated carbocycles. The zero-order chi connectivity index (χ0) is 18.4. The minimum atomic E-state index is -0.373. The second-order valence-corrected chi connectivity index (χ2v) is 5.84. The van der Waals surface area contributed by atoms with Gasteiger partial charge in [-0.05, 0) is 36.3 Å². The molecule has 2 aromatic carbocycles. The Bertz CT molecular complexity index is 841. The van der Waals surface area contributed by atoms with Crippen molar-refractivity contribution >= 4 is 17.5 Å². The van der Waals surface area contributed by atoms with Gasteiger partial charge in [-0.25, -0.2) is 0 Å². The van der Waals surface area contributed by atoms with Crippen LogP contribution < -0.4 is 10.1 Å². The van der Waals surface area contributed by atoms with Gasteiger partial charge in [-0.15, -0.1) is 5.11 Å². The van der Waals surface area contributed by atoms with Crippen molar-refractivity contribution in [1.82, 2.24) is 0 Å². The number of carbonyl (C=O) groups excluding carboxylic acids is 2. The van der Waals surface area contributed by atoms with E-state index in [1.807, 2.05) is 48.5 Å². The summed E-state index contributed by atoms with van der Waals surface area (Å²) in [6.45, 7) is 0. The summed E-state index contributed by atoms with van der Waals surface area (Å²) in [7, 11) is 1.62. The summed E-state index contributed by atoms with van der Waals surface area (Å²) < 4.78 is 5.13. The summed E-state index contributed by atoms with van der Waals surface area (Å²) in [5.74, 6) is 0.337. The molecule has 1 atom stereocenters. The second-order valence-electron chi connectivity index (χ2n) is 5.84. The van der Waals surface area contributed by atoms with E-state index in [2.05, 4.69) is 15.5 Å². The Morgan fingerprint density at radius 3 is 2.62 bits per heavy atom. The van der Waals surface area contributed by atoms with Gasteiger partial charge in [0.05, 0.1) is 7.11 Å². The first-order valence-electron chi connectivity index (χ1n) is 8.30. The van der Waals surface area contributed by atoms with E-state index in [1.54, 1.807) is 13.2 Å². The molecule has 1 aliphatic rings. The number of benzene rings is 2. The van der Waals surface area contributed by atoms with Gasteiger partial charge in [-0.2, -0.15) is 5.11 Å². The van der Waals surface area contributed by atoms with Crippen molar-refractivity contribution in [3.63, 3.8) is 0 Å². The molecule has 1 heterocycles. The first-order chi connectivity index (χ1) is 12.7. The molecule has 132 valence electrons. The largest absolute Gasteiger partial charge is 0.497 e. The molecule has 2 aromatic rings. The number of ether oxygens (including phenoxy) is 1. The van der Waals surface area contributed by atoms with E-state index in [-0.39, 0.29) is 17.9 Å². The van der Waals surface area contributed by atoms with Crippen LogP contribution in [0.1, 0.15) is 23.6 Å². The summed E-state index contributed by atoms with van der Waals surface area (Å²) in [5, 5.41) is 10.5. The van der Waals surface area contributed by atoms with Crippen LogP contribution >= 0.6 is 0 Å². The molecule has 1 N–H and O–H groups in total. The zero-order valence-electron chi connectivity index (χ0n) is 14.4. The van der Waals surface area contributed by atoms with Crippen molar-refractivity contribution in [2.45, 2.75) is 18.9 Å². The molecule has 0 bridgehead atoms. The fraction of sp³-hybridized carbons (Fsp3) is 0.200. The van der Waals surface area contributed by atoms with Crippen molar-refractivity contribution in [3.05, 3.63) is 71.8 Å². The number of rotatable bonds is 6. The topological polar surface area (TPSA) is 80.1 Å². The summed E-state index contributed by atoms with van der Waals surface area (Å²) in [6, 6.07) is 14.7. The third-order valence-corrected chi connectivity index (χ3v) is 4.06. The first-order valence-corrected chi connectivity index (χ1v) is 8.30. The Balaban J connectivity index is 1.63. The molecule has 2 amide bonds. The van der Waals surface area contributed by atoms with Crippen molar-refractivity contribution < 1.29 is 14.3 Å². The minimum absolute atomic E-state index is 0.0823. The van der Waals surface area contributed by atoms with Crippen LogP contribution in [0.4, 0.5) is 5.69 Å². The lowest BCUT2D eigenvalue weighted by molar-refractivity contribution is -0.116. The number of aryl methyl sites for hydroxylation is 1. The third kappa shape index (κ3) is 4.42. The zero-order valence-corrected chi connectivity index (χ0v) is 14.4. The average molecular weight is 349 g/mol. The lowest BCUT2D eigenvalue weighted by Gasteiger charge is -2.15. The fourth-order valence-corrected chi connectivity index (χ4v) is 2.66. The Labute approximate surface area is 151 Å². The molecule has 6 heteroatoms. The molecular formula is C20H19N3O3. The van der Waals surface area contributed by atoms with Gasteiger partial charge in [0.15, 0.2) is 0 Å². The Morgan fingerprint density at radius 1 is 1.15 bits per heavy atom. The van der Waals surface area contributed by atoms with Gasteiger partial charge in [0.25, 0.3) is 5.91 Å². The number of azo groups is 1. The molecule has 6 nitrogen and oxygen atoms in total. The van der Waals surface area contributed by atoms with Crippen LogP contribution in [-0.4, -0.2) is 18.9 Å². The van der Waals surface area contributed by atoms with Gasteiger partial charge in [0.2, 0.25) is 5.91 Å². The van der Waals surface area contributed by atoms with Gasteiger partial charge < -0.3 is 10.1 Å². The van der Waals surface area contributed by atoms with Crippen LogP contribution in [-0.2, 0) is 16.0 Å². The molecular weight excluding hydrogens is 330 g/mol. The SMILES string of the molecule is COc1ccc(CCC(=O)Nc2ccccc2C2C=CC(=O)N=N2)cc1. The predicted octanol–water partition coefficient (Wildman–Crippen LogP) is 3.86. The van der Waals surface area contributed by atoms with Crippen molar-refractivity contribution in [3.8, 4) is 5.75 Å². The van der Waals surface area contributed by atoms with E-state index < -0.39 is 0 Å². The fourth-order valence-electron chi connectivity index (χ4n) is 2.66. The monoisotopic (exact) mass is 349 g/mol. The molecule has 3 rings (SSSR count). The van der Waals surface area contributed by atoms with E-state index in [0.717, 1.165) is 16.9 Å². The highest BCUT2D eigenvalue weighted by Crippen LogP contribution is 2.29. The van der Waals surface area contributed by atoms with Crippen LogP contribution in [0.15, 0.2) is 70.9 Å². The third-order valence-electron chi connectivity index (χ3n) is 4.06. The number of hydrogen-bond donors (Lipinski definition) is 1. The molecule has 26 heavy (non-hydrogen) atoms. The Kier molecular flexibility index (Phi) is 5.53. The summed E-state index contributed by atoms with van der Waals surface area (Å²) >= 11 is 0. The number of nitrogens with one attached hydrogen (secondary N) is 1. The van der Waals surface area contributed by atoms with Crippen LogP contribution in [0.5, 0.6) is 5.75 Å². The van der Waals surface area contributed by atoms with E-state index in [0.29, 0.717) is 18.5 Å². The van der Waals surface area contributed by atoms with Gasteiger partial charge in [0, 0.05) is 23.7 Å². The maximum Gasteiger partial charge on any atom is 0.287 e. The van der Waals surface area contributed by atoms with Crippen LogP contribution in [0.2, 0.25) is 0 Å². The molecule has 0 spiro atoms. The Hall–Kier alpha value is -3.28. The molecule has 1 unspecified atom stereocenters. The summed E-state index contributed by atoms with van der Waals surface area (Å²) in [6.07, 6.45) is 4.06. The first kappa shape index (κ1) is 17.5. The molecule has 0 saturated heterocycles. The number of hydrogen-bond acceptors (Lipinski definition) is 4. The van der Waals surface area contributed by atoms with Crippen molar-refractivity contribution in [1.29, 1.82) is 0 Å². The number of amides is 2. The Morgan fingerprint density at radius 2 is 1.92 bits per heavy atom. The minimum Gasteiger partial charge on any atom is -0.497 e. The average Bonchev–Trinajstić information content (AvgIpc) is 2.68. The number of para-hydroxylation sites is 1. The molecule has 0 radical (unpaired) electrons. The van der Waals surface area contributed by atoms with Gasteiger partial charge in [-0.1, -0.05) is 30.3 Å². The van der Waals surface area contributed by atoms with E-state index in [4.69, 9.17) is 4.74 Å². The lowest BCUT2D eigenvalue weighted by Crippen LogP contribution is -2.14. The van der Waals surface area contributed by atoms with Crippen LogP contribution in [0.3, 0.4) is 0 Å². The number of nitrogens with zero attached hydrogens (tertiary/aromatic N) is 2. The predicted molar refractivity (Wildman–Crippen MR) is 98.1 cm³/mol. The molecule has 0 aliphatic carbocycles. The van der Waals surface area contributed by atoms with E-state index in [9.17, 15) is 9.59 Å². The quantitative estimate of drug-likeness (QED) is 0.860. The number of anilines is 1. The highest BCUT2D eigenvalue weighted by atomic mass is 16.5. The van der Waals surface area contributed by atoms with Gasteiger partial charge >= 0.3 is 0 Å². The maximum absolute atomic E-state index is 12.3. The summed E-state index contributed by atoms with van der Waals surface area (Å²) in [5.41, 5.74) is 2.55. The van der Waals surface area contributed by atoms with E-state index >= 15 is 0 Å². The van der Waals surface area contributed by atoms with Gasteiger partial charge in [-0.3, -0.25) is 9.59 Å². The van der Waals surface area contributed by atoms with Crippen LogP contribution in [0, 0.1) is 0 Å².